The number of nitrogens with zero attached hydrogens (tertiary/aromatic N) is 2. The molecule has 0 aliphatic heterocycles. The van der Waals surface area contributed by atoms with Crippen LogP contribution < -0.4 is 5.32 Å². The van der Waals surface area contributed by atoms with E-state index in [4.69, 9.17) is 0 Å². The number of aromatic nitrogens is 2. The van der Waals surface area contributed by atoms with Gasteiger partial charge in [0.1, 0.15) is 0 Å². The maximum absolute atomic E-state index is 4.39. The van der Waals surface area contributed by atoms with Crippen LogP contribution in [0, 0.1) is 0 Å². The summed E-state index contributed by atoms with van der Waals surface area (Å²) in [5.41, 5.74) is 2.54. The zero-order valence-electron chi connectivity index (χ0n) is 11.4. The van der Waals surface area contributed by atoms with E-state index in [-0.39, 0.29) is 5.54 Å². The van der Waals surface area contributed by atoms with Gasteiger partial charge < -0.3 is 5.32 Å². The third-order valence-corrected chi connectivity index (χ3v) is 2.73. The van der Waals surface area contributed by atoms with Crippen LogP contribution in [0.5, 0.6) is 0 Å². The molecule has 1 aromatic heterocycles. The minimum Gasteiger partial charge on any atom is -0.312 e. The van der Waals surface area contributed by atoms with E-state index in [1.165, 1.54) is 5.56 Å². The average Bonchev–Trinajstić information content (AvgIpc) is 2.77. The van der Waals surface area contributed by atoms with E-state index in [0.29, 0.717) is 0 Å². The van der Waals surface area contributed by atoms with Crippen molar-refractivity contribution in [2.75, 3.05) is 6.54 Å². The van der Waals surface area contributed by atoms with Gasteiger partial charge in [-0.05, 0) is 51.4 Å². The molecule has 0 amide bonds. The molecule has 2 rings (SSSR count). The molecule has 0 aliphatic carbocycles. The Labute approximate surface area is 109 Å². The lowest BCUT2D eigenvalue weighted by molar-refractivity contribution is 0.429. The van der Waals surface area contributed by atoms with Gasteiger partial charge in [0.15, 0.2) is 0 Å². The Morgan fingerprint density at radius 2 is 1.89 bits per heavy atom. The Bertz CT molecular complexity index is 480. The van der Waals surface area contributed by atoms with Crippen LogP contribution in [0.3, 0.4) is 0 Å². The molecule has 3 heteroatoms. The molecular weight excluding hydrogens is 222 g/mol. The van der Waals surface area contributed by atoms with Crippen LogP contribution >= 0.6 is 0 Å². The predicted molar refractivity (Wildman–Crippen MR) is 75.0 cm³/mol. The Kier molecular flexibility index (Phi) is 3.82. The fourth-order valence-electron chi connectivity index (χ4n) is 1.79. The van der Waals surface area contributed by atoms with Crippen LogP contribution in [-0.2, 0) is 6.42 Å². The summed E-state index contributed by atoms with van der Waals surface area (Å²) < 4.78 is 1.92. The van der Waals surface area contributed by atoms with E-state index in [1.807, 2.05) is 29.1 Å². The fraction of sp³-hybridized carbons (Fsp3) is 0.400. The van der Waals surface area contributed by atoms with Crippen molar-refractivity contribution in [3.63, 3.8) is 0 Å². The molecule has 0 saturated heterocycles. The molecule has 0 unspecified atom stereocenters. The van der Waals surface area contributed by atoms with Crippen molar-refractivity contribution in [2.45, 2.75) is 32.7 Å². The van der Waals surface area contributed by atoms with Crippen molar-refractivity contribution in [3.05, 3.63) is 48.3 Å². The lowest BCUT2D eigenvalue weighted by Gasteiger charge is -2.20. The largest absolute Gasteiger partial charge is 0.312 e. The minimum absolute atomic E-state index is 0.176. The van der Waals surface area contributed by atoms with Crippen molar-refractivity contribution in [2.24, 2.45) is 0 Å². The summed E-state index contributed by atoms with van der Waals surface area (Å²) in [5.74, 6) is 0. The summed E-state index contributed by atoms with van der Waals surface area (Å²) in [6, 6.07) is 10.2. The average molecular weight is 243 g/mol. The Morgan fingerprint density at radius 1 is 1.17 bits per heavy atom. The Balaban J connectivity index is 1.95. The third kappa shape index (κ3) is 3.70. The second kappa shape index (κ2) is 5.36. The normalized spacial score (nSPS) is 11.7. The molecule has 0 atom stereocenters. The number of rotatable bonds is 4. The third-order valence-electron chi connectivity index (χ3n) is 2.73. The number of hydrogen-bond donors (Lipinski definition) is 1. The molecule has 0 radical (unpaired) electrons. The van der Waals surface area contributed by atoms with Gasteiger partial charge in [0.05, 0.1) is 11.9 Å². The van der Waals surface area contributed by atoms with Gasteiger partial charge in [-0.25, -0.2) is 4.68 Å². The predicted octanol–water partition coefficient (Wildman–Crippen LogP) is 2.80. The first-order valence-electron chi connectivity index (χ1n) is 6.39. The highest BCUT2D eigenvalue weighted by Crippen LogP contribution is 2.08. The molecule has 2 aromatic rings. The fourth-order valence-corrected chi connectivity index (χ4v) is 1.79. The second-order valence-electron chi connectivity index (χ2n) is 5.56. The highest BCUT2D eigenvalue weighted by Gasteiger charge is 2.08. The van der Waals surface area contributed by atoms with Gasteiger partial charge in [-0.3, -0.25) is 0 Å². The lowest BCUT2D eigenvalue weighted by atomic mass is 10.1. The first-order valence-corrected chi connectivity index (χ1v) is 6.39. The van der Waals surface area contributed by atoms with Crippen LogP contribution in [0.25, 0.3) is 5.69 Å². The number of nitrogens with one attached hydrogen (secondary N) is 1. The molecule has 1 aromatic carbocycles. The van der Waals surface area contributed by atoms with Crippen molar-refractivity contribution >= 4 is 0 Å². The van der Waals surface area contributed by atoms with Gasteiger partial charge in [-0.1, -0.05) is 18.2 Å². The molecule has 1 heterocycles. The number of hydrogen-bond acceptors (Lipinski definition) is 2. The van der Waals surface area contributed by atoms with Gasteiger partial charge >= 0.3 is 0 Å². The van der Waals surface area contributed by atoms with E-state index in [1.54, 1.807) is 0 Å². The van der Waals surface area contributed by atoms with E-state index >= 15 is 0 Å². The summed E-state index contributed by atoms with van der Waals surface area (Å²) >= 11 is 0. The first kappa shape index (κ1) is 12.8. The van der Waals surface area contributed by atoms with Crippen molar-refractivity contribution in [3.8, 4) is 5.69 Å². The first-order chi connectivity index (χ1) is 8.54. The summed E-state index contributed by atoms with van der Waals surface area (Å²) in [6.07, 6.45) is 5.04. The molecule has 0 aliphatic rings. The highest BCUT2D eigenvalue weighted by molar-refractivity contribution is 5.30. The summed E-state index contributed by atoms with van der Waals surface area (Å²) in [6.45, 7) is 7.52. The summed E-state index contributed by atoms with van der Waals surface area (Å²) in [4.78, 5) is 0. The van der Waals surface area contributed by atoms with Crippen LogP contribution in [0.2, 0.25) is 0 Å². The molecule has 96 valence electrons. The monoisotopic (exact) mass is 243 g/mol. The quantitative estimate of drug-likeness (QED) is 0.895. The Hall–Kier alpha value is -1.61. The lowest BCUT2D eigenvalue weighted by Crippen LogP contribution is -2.37. The molecule has 0 spiro atoms. The van der Waals surface area contributed by atoms with E-state index in [2.05, 4.69) is 49.5 Å². The molecule has 0 fully saturated rings. The minimum atomic E-state index is 0.176. The van der Waals surface area contributed by atoms with Crippen LogP contribution in [0.4, 0.5) is 0 Å². The summed E-state index contributed by atoms with van der Waals surface area (Å²) in [5, 5.41) is 7.87. The molecule has 3 nitrogen and oxygen atoms in total. The zero-order chi connectivity index (χ0) is 13.0. The van der Waals surface area contributed by atoms with Gasteiger partial charge in [-0.2, -0.15) is 5.10 Å². The standard InChI is InChI=1S/C15H21N3/c1-15(2,3)16-10-9-13-11-17-18(12-13)14-7-5-4-6-8-14/h4-8,11-12,16H,9-10H2,1-3H3. The van der Waals surface area contributed by atoms with Gasteiger partial charge in [0.25, 0.3) is 0 Å². The SMILES string of the molecule is CC(C)(C)NCCc1cnn(-c2ccccc2)c1. The zero-order valence-corrected chi connectivity index (χ0v) is 11.4. The summed E-state index contributed by atoms with van der Waals surface area (Å²) in [7, 11) is 0. The van der Waals surface area contributed by atoms with E-state index in [0.717, 1.165) is 18.7 Å². The smallest absolute Gasteiger partial charge is 0.0645 e. The number of para-hydroxylation sites is 1. The maximum atomic E-state index is 4.39. The molecule has 0 bridgehead atoms. The maximum Gasteiger partial charge on any atom is 0.0645 e. The van der Waals surface area contributed by atoms with Crippen molar-refractivity contribution in [1.29, 1.82) is 0 Å². The highest BCUT2D eigenvalue weighted by atomic mass is 15.3. The van der Waals surface area contributed by atoms with Gasteiger partial charge in [0, 0.05) is 11.7 Å². The van der Waals surface area contributed by atoms with E-state index < -0.39 is 0 Å². The number of benzene rings is 1. The second-order valence-corrected chi connectivity index (χ2v) is 5.56. The van der Waals surface area contributed by atoms with Crippen molar-refractivity contribution in [1.82, 2.24) is 15.1 Å². The molecule has 0 saturated carbocycles. The van der Waals surface area contributed by atoms with Gasteiger partial charge in [0.2, 0.25) is 0 Å². The van der Waals surface area contributed by atoms with Crippen molar-refractivity contribution < 1.29 is 0 Å². The topological polar surface area (TPSA) is 29.9 Å². The molecule has 1 N–H and O–H groups in total. The molecule has 18 heavy (non-hydrogen) atoms. The van der Waals surface area contributed by atoms with Gasteiger partial charge in [-0.15, -0.1) is 0 Å². The molecular formula is C15H21N3. The Morgan fingerprint density at radius 3 is 2.56 bits per heavy atom. The van der Waals surface area contributed by atoms with E-state index in [9.17, 15) is 0 Å². The van der Waals surface area contributed by atoms with Crippen LogP contribution in [0.15, 0.2) is 42.7 Å². The van der Waals surface area contributed by atoms with Crippen LogP contribution in [0.1, 0.15) is 26.3 Å². The van der Waals surface area contributed by atoms with Crippen LogP contribution in [-0.4, -0.2) is 21.9 Å².